The SMILES string of the molecule is O=C(O)c1cc(OC(F)(F)F)c(I)nc1CBr. The number of aromatic carboxylic acids is 1. The van der Waals surface area contributed by atoms with Gasteiger partial charge in [-0.2, -0.15) is 0 Å². The fourth-order valence-electron chi connectivity index (χ4n) is 0.991. The van der Waals surface area contributed by atoms with E-state index in [0.717, 1.165) is 6.07 Å². The topological polar surface area (TPSA) is 59.4 Å². The molecule has 0 saturated heterocycles. The predicted molar refractivity (Wildman–Crippen MR) is 63.2 cm³/mol. The van der Waals surface area contributed by atoms with Crippen molar-refractivity contribution in [2.75, 3.05) is 0 Å². The molecule has 0 aliphatic heterocycles. The van der Waals surface area contributed by atoms with Gasteiger partial charge in [0.05, 0.1) is 11.3 Å². The van der Waals surface area contributed by atoms with Crippen LogP contribution in [0.15, 0.2) is 6.07 Å². The summed E-state index contributed by atoms with van der Waals surface area (Å²) < 4.78 is 39.7. The maximum absolute atomic E-state index is 12.0. The van der Waals surface area contributed by atoms with E-state index in [-0.39, 0.29) is 20.3 Å². The largest absolute Gasteiger partial charge is 0.573 e. The predicted octanol–water partition coefficient (Wildman–Crippen LogP) is 3.18. The first-order valence-corrected chi connectivity index (χ1v) is 6.19. The van der Waals surface area contributed by atoms with Crippen molar-refractivity contribution < 1.29 is 27.8 Å². The third-order valence-electron chi connectivity index (χ3n) is 1.61. The molecule has 1 aromatic rings. The van der Waals surface area contributed by atoms with Gasteiger partial charge in [-0.05, 0) is 28.7 Å². The Balaban J connectivity index is 3.25. The molecule has 1 heterocycles. The van der Waals surface area contributed by atoms with Gasteiger partial charge < -0.3 is 9.84 Å². The number of hydrogen-bond acceptors (Lipinski definition) is 3. The van der Waals surface area contributed by atoms with Gasteiger partial charge in [-0.25, -0.2) is 9.78 Å². The van der Waals surface area contributed by atoms with Gasteiger partial charge in [0.15, 0.2) is 5.75 Å². The van der Waals surface area contributed by atoms with Gasteiger partial charge in [0.1, 0.15) is 3.70 Å². The molecule has 94 valence electrons. The summed E-state index contributed by atoms with van der Waals surface area (Å²) in [5, 5.41) is 8.93. The molecule has 1 N–H and O–H groups in total. The van der Waals surface area contributed by atoms with Crippen LogP contribution in [0.2, 0.25) is 0 Å². The maximum Gasteiger partial charge on any atom is 0.573 e. The Morgan fingerprint density at radius 2 is 2.18 bits per heavy atom. The first-order chi connectivity index (χ1) is 7.74. The molecule has 9 heteroatoms. The van der Waals surface area contributed by atoms with Crippen molar-refractivity contribution in [1.82, 2.24) is 4.98 Å². The Bertz CT molecular complexity index is 452. The van der Waals surface area contributed by atoms with E-state index in [1.165, 1.54) is 22.6 Å². The molecule has 0 aliphatic carbocycles. The summed E-state index contributed by atoms with van der Waals surface area (Å²) in [7, 11) is 0. The van der Waals surface area contributed by atoms with Crippen LogP contribution in [0, 0.1) is 3.70 Å². The highest BCUT2D eigenvalue weighted by atomic mass is 127. The third-order valence-corrected chi connectivity index (χ3v) is 2.91. The first kappa shape index (κ1) is 14.5. The zero-order valence-electron chi connectivity index (χ0n) is 7.89. The fourth-order valence-corrected chi connectivity index (χ4v) is 1.98. The van der Waals surface area contributed by atoms with Crippen LogP contribution in [0.3, 0.4) is 0 Å². The lowest BCUT2D eigenvalue weighted by Gasteiger charge is -2.12. The number of carboxylic acid groups (broad SMARTS) is 1. The summed E-state index contributed by atoms with van der Waals surface area (Å²) in [5.41, 5.74) is -0.196. The van der Waals surface area contributed by atoms with Crippen LogP contribution >= 0.6 is 38.5 Å². The summed E-state index contributed by atoms with van der Waals surface area (Å²) in [5.74, 6) is -1.99. The number of pyridine rings is 1. The maximum atomic E-state index is 12.0. The zero-order chi connectivity index (χ0) is 13.2. The molecule has 0 saturated carbocycles. The van der Waals surface area contributed by atoms with Gasteiger partial charge in [0, 0.05) is 5.33 Å². The minimum atomic E-state index is -4.88. The summed E-state index contributed by atoms with van der Waals surface area (Å²) in [4.78, 5) is 14.5. The monoisotopic (exact) mass is 425 g/mol. The molecule has 0 radical (unpaired) electrons. The van der Waals surface area contributed by atoms with Crippen molar-refractivity contribution in [3.8, 4) is 5.75 Å². The molecule has 17 heavy (non-hydrogen) atoms. The van der Waals surface area contributed by atoms with Gasteiger partial charge in [-0.3, -0.25) is 0 Å². The Morgan fingerprint density at radius 3 is 2.59 bits per heavy atom. The summed E-state index contributed by atoms with van der Waals surface area (Å²) in [6, 6.07) is 0.807. The summed E-state index contributed by atoms with van der Waals surface area (Å²) >= 11 is 4.54. The minimum absolute atomic E-state index is 0.0561. The van der Waals surface area contributed by atoms with Crippen LogP contribution in [0.25, 0.3) is 0 Å². The van der Waals surface area contributed by atoms with Crippen molar-refractivity contribution in [2.24, 2.45) is 0 Å². The molecule has 0 atom stereocenters. The van der Waals surface area contributed by atoms with Crippen molar-refractivity contribution in [2.45, 2.75) is 11.7 Å². The van der Waals surface area contributed by atoms with Crippen LogP contribution < -0.4 is 4.74 Å². The highest BCUT2D eigenvalue weighted by molar-refractivity contribution is 14.1. The average molecular weight is 426 g/mol. The second kappa shape index (κ2) is 5.38. The number of hydrogen-bond donors (Lipinski definition) is 1. The van der Waals surface area contributed by atoms with E-state index in [0.29, 0.717) is 0 Å². The van der Waals surface area contributed by atoms with Gasteiger partial charge in [0.2, 0.25) is 0 Å². The average Bonchev–Trinajstić information content (AvgIpc) is 2.18. The molecule has 1 rings (SSSR count). The second-order valence-electron chi connectivity index (χ2n) is 2.76. The number of aromatic nitrogens is 1. The van der Waals surface area contributed by atoms with E-state index >= 15 is 0 Å². The second-order valence-corrected chi connectivity index (χ2v) is 4.34. The molecule has 0 aromatic carbocycles. The van der Waals surface area contributed by atoms with Crippen LogP contribution in [0.1, 0.15) is 16.1 Å². The normalized spacial score (nSPS) is 11.4. The van der Waals surface area contributed by atoms with E-state index in [9.17, 15) is 18.0 Å². The van der Waals surface area contributed by atoms with Crippen LogP contribution in [-0.4, -0.2) is 22.4 Å². The molecule has 0 bridgehead atoms. The third kappa shape index (κ3) is 3.98. The highest BCUT2D eigenvalue weighted by Gasteiger charge is 2.33. The molecule has 0 unspecified atom stereocenters. The zero-order valence-corrected chi connectivity index (χ0v) is 11.6. The van der Waals surface area contributed by atoms with E-state index in [4.69, 9.17) is 5.11 Å². The molecular formula is C8H4BrF3INO3. The summed E-state index contributed by atoms with van der Waals surface area (Å²) in [6.45, 7) is 0. The molecule has 0 fully saturated rings. The van der Waals surface area contributed by atoms with Crippen LogP contribution in [0.4, 0.5) is 13.2 Å². The minimum Gasteiger partial charge on any atom is -0.478 e. The van der Waals surface area contributed by atoms with Gasteiger partial charge in [-0.15, -0.1) is 13.2 Å². The Labute approximate surface area is 115 Å². The van der Waals surface area contributed by atoms with E-state index < -0.39 is 18.1 Å². The van der Waals surface area contributed by atoms with E-state index in [1.54, 1.807) is 0 Å². The molecule has 0 amide bonds. The van der Waals surface area contributed by atoms with E-state index in [2.05, 4.69) is 25.7 Å². The number of nitrogens with zero attached hydrogens (tertiary/aromatic N) is 1. The van der Waals surface area contributed by atoms with Crippen molar-refractivity contribution in [3.63, 3.8) is 0 Å². The molecular weight excluding hydrogens is 422 g/mol. The Kier molecular flexibility index (Phi) is 4.58. The molecule has 0 spiro atoms. The Hall–Kier alpha value is -0.580. The number of rotatable bonds is 3. The lowest BCUT2D eigenvalue weighted by Crippen LogP contribution is -2.19. The molecule has 1 aromatic heterocycles. The van der Waals surface area contributed by atoms with Gasteiger partial charge >= 0.3 is 12.3 Å². The van der Waals surface area contributed by atoms with Crippen LogP contribution in [-0.2, 0) is 5.33 Å². The van der Waals surface area contributed by atoms with Crippen LogP contribution in [0.5, 0.6) is 5.75 Å². The smallest absolute Gasteiger partial charge is 0.478 e. The lowest BCUT2D eigenvalue weighted by atomic mass is 10.2. The molecule has 0 aliphatic rings. The first-order valence-electron chi connectivity index (χ1n) is 3.99. The van der Waals surface area contributed by atoms with Crippen molar-refractivity contribution >= 4 is 44.5 Å². The van der Waals surface area contributed by atoms with Gasteiger partial charge in [0.25, 0.3) is 0 Å². The quantitative estimate of drug-likeness (QED) is 0.459. The van der Waals surface area contributed by atoms with Crippen molar-refractivity contribution in [3.05, 3.63) is 21.0 Å². The number of ether oxygens (including phenoxy) is 1. The van der Waals surface area contributed by atoms with Crippen molar-refractivity contribution in [1.29, 1.82) is 0 Å². The fraction of sp³-hybridized carbons (Fsp3) is 0.250. The van der Waals surface area contributed by atoms with E-state index in [1.807, 2.05) is 0 Å². The number of carbonyl (C=O) groups is 1. The standard InChI is InChI=1S/C8H4BrF3INO3/c9-2-4-3(7(15)16)1-5(6(13)14-4)17-8(10,11)12/h1H,2H2,(H,15,16). The number of alkyl halides is 4. The number of carboxylic acids is 1. The summed E-state index contributed by atoms with van der Waals surface area (Å²) in [6.07, 6.45) is -4.88. The highest BCUT2D eigenvalue weighted by Crippen LogP contribution is 2.29. The Morgan fingerprint density at radius 1 is 1.59 bits per heavy atom. The lowest BCUT2D eigenvalue weighted by molar-refractivity contribution is -0.275. The van der Waals surface area contributed by atoms with Gasteiger partial charge in [-0.1, -0.05) is 15.9 Å². The molecule has 4 nitrogen and oxygen atoms in total. The number of halogens is 5.